The maximum atomic E-state index is 14.8. The van der Waals surface area contributed by atoms with E-state index in [0.717, 1.165) is 41.4 Å². The van der Waals surface area contributed by atoms with Crippen molar-refractivity contribution in [1.82, 2.24) is 30.1 Å². The van der Waals surface area contributed by atoms with Crippen molar-refractivity contribution in [1.29, 1.82) is 0 Å². The maximum absolute atomic E-state index is 14.8. The van der Waals surface area contributed by atoms with Crippen LogP contribution in [0.3, 0.4) is 0 Å². The Balaban J connectivity index is 1.26. The minimum atomic E-state index is -0.334. The number of H-pyrrole nitrogens is 2. The van der Waals surface area contributed by atoms with Gasteiger partial charge in [0.2, 0.25) is 5.91 Å². The lowest BCUT2D eigenvalue weighted by Gasteiger charge is -2.24. The van der Waals surface area contributed by atoms with E-state index < -0.39 is 0 Å². The van der Waals surface area contributed by atoms with Crippen LogP contribution in [0.2, 0.25) is 0 Å². The molecule has 7 rings (SSSR count). The Hall–Kier alpha value is -5.12. The number of imidazole rings is 1. The smallest absolute Gasteiger partial charge is 0.227 e. The number of rotatable bonds is 5. The number of nitrogens with zero attached hydrogens (tertiary/aromatic N) is 4. The van der Waals surface area contributed by atoms with Gasteiger partial charge in [0.05, 0.1) is 35.0 Å². The number of amides is 1. The second kappa shape index (κ2) is 9.57. The molecule has 1 amide bonds. The normalized spacial score (nSPS) is 15.1. The fourth-order valence-corrected chi connectivity index (χ4v) is 5.12. The number of hydrogen-bond donors (Lipinski definition) is 4. The molecule has 40 heavy (non-hydrogen) atoms. The van der Waals surface area contributed by atoms with Crippen molar-refractivity contribution in [2.24, 2.45) is 11.7 Å². The molecule has 5 N–H and O–H groups in total. The van der Waals surface area contributed by atoms with Gasteiger partial charge in [-0.1, -0.05) is 30.7 Å². The van der Waals surface area contributed by atoms with Gasteiger partial charge in [0.15, 0.2) is 5.82 Å². The third kappa shape index (κ3) is 4.23. The molecule has 1 aromatic carbocycles. The van der Waals surface area contributed by atoms with Gasteiger partial charge < -0.3 is 16.0 Å². The van der Waals surface area contributed by atoms with E-state index >= 15 is 0 Å². The van der Waals surface area contributed by atoms with E-state index in [9.17, 15) is 9.18 Å². The summed E-state index contributed by atoms with van der Waals surface area (Å²) in [7, 11) is 0. The highest BCUT2D eigenvalue weighted by Crippen LogP contribution is 2.34. The van der Waals surface area contributed by atoms with E-state index in [1.54, 1.807) is 48.9 Å². The Morgan fingerprint density at radius 2 is 1.95 bits per heavy atom. The molecule has 4 aromatic heterocycles. The lowest BCUT2D eigenvalue weighted by molar-refractivity contribution is -0.122. The van der Waals surface area contributed by atoms with Crippen LogP contribution < -0.4 is 11.1 Å². The number of benzene rings is 1. The number of fused-ring (bicyclic) bond motifs is 2. The Labute approximate surface area is 228 Å². The molecule has 0 unspecified atom stereocenters. The molecule has 9 nitrogen and oxygen atoms in total. The lowest BCUT2D eigenvalue weighted by Crippen LogP contribution is -2.28. The largest absolute Gasteiger partial charge is 0.402 e. The van der Waals surface area contributed by atoms with Crippen molar-refractivity contribution in [3.05, 3.63) is 95.6 Å². The predicted molar refractivity (Wildman–Crippen MR) is 150 cm³/mol. The molecule has 198 valence electrons. The standard InChI is InChI=1S/C30H25FN8O/c31-23-7-2-1-6-20(23)21-9-8-18(32)11-25-27(21)37-29(36-25)28-22-12-24(34-15-26(22)38-39-28)17-10-19(14-33-13-17)35-30(40)16-4-3-5-16/h1-2,6-10,12-16H,3-5,11,32H2,(H,35,40)(H,36,37)(H,38,39). The average molecular weight is 533 g/mol. The third-order valence-electron chi connectivity index (χ3n) is 7.49. The molecule has 2 aliphatic rings. The molecule has 1 fully saturated rings. The number of halogens is 1. The summed E-state index contributed by atoms with van der Waals surface area (Å²) in [6, 6.07) is 10.4. The van der Waals surface area contributed by atoms with Crippen molar-refractivity contribution in [3.8, 4) is 22.8 Å². The number of hydrogen-bond acceptors (Lipinski definition) is 6. The minimum absolute atomic E-state index is 0.0302. The number of aromatic nitrogens is 6. The van der Waals surface area contributed by atoms with Crippen LogP contribution in [-0.2, 0) is 11.2 Å². The monoisotopic (exact) mass is 532 g/mol. The summed E-state index contributed by atoms with van der Waals surface area (Å²) in [5, 5.41) is 11.3. The minimum Gasteiger partial charge on any atom is -0.402 e. The van der Waals surface area contributed by atoms with Crippen LogP contribution in [0.1, 0.15) is 36.2 Å². The van der Waals surface area contributed by atoms with Gasteiger partial charge in [0, 0.05) is 52.0 Å². The van der Waals surface area contributed by atoms with Crippen LogP contribution >= 0.6 is 0 Å². The number of nitrogens with one attached hydrogen (secondary N) is 3. The van der Waals surface area contributed by atoms with Gasteiger partial charge in [-0.3, -0.25) is 19.9 Å². The molecule has 0 radical (unpaired) electrons. The highest BCUT2D eigenvalue weighted by atomic mass is 19.1. The lowest BCUT2D eigenvalue weighted by atomic mass is 9.85. The fraction of sp³-hybridized carbons (Fsp3) is 0.167. The topological polar surface area (TPSA) is 138 Å². The van der Waals surface area contributed by atoms with Gasteiger partial charge in [0.25, 0.3) is 0 Å². The molecule has 4 heterocycles. The molecule has 0 atom stereocenters. The van der Waals surface area contributed by atoms with Gasteiger partial charge >= 0.3 is 0 Å². The molecule has 2 aliphatic carbocycles. The zero-order valence-electron chi connectivity index (χ0n) is 21.4. The van der Waals surface area contributed by atoms with Crippen LogP contribution in [0.4, 0.5) is 10.1 Å². The van der Waals surface area contributed by atoms with E-state index in [2.05, 4.69) is 30.5 Å². The third-order valence-corrected chi connectivity index (χ3v) is 7.49. The van der Waals surface area contributed by atoms with E-state index in [1.807, 2.05) is 12.1 Å². The van der Waals surface area contributed by atoms with Crippen molar-refractivity contribution < 1.29 is 9.18 Å². The van der Waals surface area contributed by atoms with Gasteiger partial charge in [-0.2, -0.15) is 5.10 Å². The zero-order valence-corrected chi connectivity index (χ0v) is 21.4. The number of allylic oxidation sites excluding steroid dienone is 3. The van der Waals surface area contributed by atoms with Crippen LogP contribution in [0.25, 0.3) is 39.3 Å². The van der Waals surface area contributed by atoms with E-state index in [-0.39, 0.29) is 17.6 Å². The Morgan fingerprint density at radius 1 is 1.07 bits per heavy atom. The first-order valence-electron chi connectivity index (χ1n) is 13.1. The summed E-state index contributed by atoms with van der Waals surface area (Å²) >= 11 is 0. The van der Waals surface area contributed by atoms with E-state index in [1.165, 1.54) is 6.07 Å². The molecule has 0 bridgehead atoms. The number of carbonyl (C=O) groups is 1. The van der Waals surface area contributed by atoms with Gasteiger partial charge in [-0.25, -0.2) is 9.37 Å². The molecule has 10 heteroatoms. The molecule has 0 saturated heterocycles. The fourth-order valence-electron chi connectivity index (χ4n) is 5.12. The second-order valence-electron chi connectivity index (χ2n) is 10.2. The summed E-state index contributed by atoms with van der Waals surface area (Å²) in [5.74, 6) is 0.306. The molecular weight excluding hydrogens is 507 g/mol. The van der Waals surface area contributed by atoms with Crippen LogP contribution in [0, 0.1) is 11.7 Å². The maximum Gasteiger partial charge on any atom is 0.227 e. The molecule has 1 saturated carbocycles. The number of nitrogens with two attached hydrogens (primary N) is 1. The first-order valence-corrected chi connectivity index (χ1v) is 13.1. The SMILES string of the molecule is NC1=CC=C(c2ccccc2F)c2nc(-c3n[nH]c4cnc(-c5cncc(NC(=O)C6CCC6)c5)cc34)[nH]c2C1. The summed E-state index contributed by atoms with van der Waals surface area (Å²) in [6.07, 6.45) is 12.0. The van der Waals surface area contributed by atoms with Gasteiger partial charge in [0.1, 0.15) is 11.5 Å². The van der Waals surface area contributed by atoms with Crippen LogP contribution in [0.5, 0.6) is 0 Å². The molecular formula is C30H25FN8O. The molecule has 0 spiro atoms. The Morgan fingerprint density at radius 3 is 2.77 bits per heavy atom. The zero-order chi connectivity index (χ0) is 27.2. The Bertz CT molecular complexity index is 1850. The second-order valence-corrected chi connectivity index (χ2v) is 10.2. The predicted octanol–water partition coefficient (Wildman–Crippen LogP) is 5.12. The Kier molecular flexibility index (Phi) is 5.73. The van der Waals surface area contributed by atoms with E-state index in [4.69, 9.17) is 10.7 Å². The number of anilines is 1. The van der Waals surface area contributed by atoms with Gasteiger partial charge in [-0.05, 0) is 37.1 Å². The first-order chi connectivity index (χ1) is 19.5. The highest BCUT2D eigenvalue weighted by molar-refractivity contribution is 5.95. The summed E-state index contributed by atoms with van der Waals surface area (Å²) in [6.45, 7) is 0. The van der Waals surface area contributed by atoms with Crippen LogP contribution in [0.15, 0.2) is 72.8 Å². The summed E-state index contributed by atoms with van der Waals surface area (Å²) in [5.41, 5.74) is 12.8. The van der Waals surface area contributed by atoms with Gasteiger partial charge in [-0.15, -0.1) is 0 Å². The number of aromatic amines is 2. The molecule has 0 aliphatic heterocycles. The summed E-state index contributed by atoms with van der Waals surface area (Å²) < 4.78 is 14.8. The molecule has 5 aromatic rings. The van der Waals surface area contributed by atoms with Crippen molar-refractivity contribution in [2.45, 2.75) is 25.7 Å². The first kappa shape index (κ1) is 24.0. The number of carbonyl (C=O) groups excluding carboxylic acids is 1. The highest BCUT2D eigenvalue weighted by Gasteiger charge is 2.26. The quantitative estimate of drug-likeness (QED) is 0.248. The number of pyridine rings is 2. The van der Waals surface area contributed by atoms with Crippen molar-refractivity contribution in [3.63, 3.8) is 0 Å². The average Bonchev–Trinajstić information content (AvgIpc) is 3.49. The van der Waals surface area contributed by atoms with Crippen molar-refractivity contribution in [2.75, 3.05) is 5.32 Å². The van der Waals surface area contributed by atoms with E-state index in [0.29, 0.717) is 51.8 Å². The van der Waals surface area contributed by atoms with Crippen LogP contribution in [-0.4, -0.2) is 36.0 Å². The summed E-state index contributed by atoms with van der Waals surface area (Å²) in [4.78, 5) is 29.6. The van der Waals surface area contributed by atoms with Crippen molar-refractivity contribution >= 4 is 28.1 Å².